The normalized spacial score (nSPS) is 13.1. The third kappa shape index (κ3) is 4.73. The SMILES string of the molecule is Cl.N[C@@H](CCC(F)(F)F)c1cc(F)cc(F)c1F. The fourth-order valence-corrected chi connectivity index (χ4v) is 1.32. The van der Waals surface area contributed by atoms with E-state index in [1.807, 2.05) is 0 Å². The Bertz CT molecular complexity index is 406. The number of alkyl halides is 3. The standard InChI is InChI=1S/C10H9F6N.ClH/c11-5-3-6(9(13)7(12)4-5)8(17)1-2-10(14,15)16;/h3-4,8H,1-2,17H2;1H/t8-;/m0./s1. The van der Waals surface area contributed by atoms with Gasteiger partial charge in [0.15, 0.2) is 11.6 Å². The zero-order chi connectivity index (χ0) is 13.2. The first kappa shape index (κ1) is 17.1. The van der Waals surface area contributed by atoms with Crippen LogP contribution in [0.2, 0.25) is 0 Å². The zero-order valence-corrected chi connectivity index (χ0v) is 9.72. The second-order valence-electron chi connectivity index (χ2n) is 3.55. The van der Waals surface area contributed by atoms with Crippen LogP contribution in [0.25, 0.3) is 0 Å². The minimum Gasteiger partial charge on any atom is -0.324 e. The highest BCUT2D eigenvalue weighted by atomic mass is 35.5. The molecule has 2 N–H and O–H groups in total. The van der Waals surface area contributed by atoms with E-state index >= 15 is 0 Å². The molecule has 1 nitrogen and oxygen atoms in total. The molecule has 0 aliphatic rings. The largest absolute Gasteiger partial charge is 0.389 e. The van der Waals surface area contributed by atoms with E-state index in [-0.39, 0.29) is 12.4 Å². The van der Waals surface area contributed by atoms with Gasteiger partial charge in [-0.15, -0.1) is 12.4 Å². The summed E-state index contributed by atoms with van der Waals surface area (Å²) in [6.45, 7) is 0. The first-order chi connectivity index (χ1) is 7.70. The Kier molecular flexibility index (Phi) is 5.95. The Morgan fingerprint density at radius 3 is 2.17 bits per heavy atom. The molecule has 1 aromatic rings. The number of hydrogen-bond acceptors (Lipinski definition) is 1. The lowest BCUT2D eigenvalue weighted by atomic mass is 10.0. The summed E-state index contributed by atoms with van der Waals surface area (Å²) >= 11 is 0. The summed E-state index contributed by atoms with van der Waals surface area (Å²) in [7, 11) is 0. The highest BCUT2D eigenvalue weighted by Crippen LogP contribution is 2.28. The van der Waals surface area contributed by atoms with Crippen molar-refractivity contribution in [2.24, 2.45) is 5.73 Å². The fraction of sp³-hybridized carbons (Fsp3) is 0.400. The van der Waals surface area contributed by atoms with Gasteiger partial charge >= 0.3 is 6.18 Å². The number of hydrogen-bond donors (Lipinski definition) is 1. The van der Waals surface area contributed by atoms with Gasteiger partial charge in [0.2, 0.25) is 0 Å². The van der Waals surface area contributed by atoms with Crippen molar-refractivity contribution in [3.63, 3.8) is 0 Å². The lowest BCUT2D eigenvalue weighted by Crippen LogP contribution is -2.17. The van der Waals surface area contributed by atoms with E-state index in [1.165, 1.54) is 0 Å². The summed E-state index contributed by atoms with van der Waals surface area (Å²) in [4.78, 5) is 0. The summed E-state index contributed by atoms with van der Waals surface area (Å²) in [6.07, 6.45) is -6.32. The number of rotatable bonds is 3. The number of nitrogens with two attached hydrogens (primary N) is 1. The summed E-state index contributed by atoms with van der Waals surface area (Å²) in [5, 5.41) is 0. The Hall–Kier alpha value is -0.950. The predicted octanol–water partition coefficient (Wildman–Crippen LogP) is 3.87. The molecule has 0 bridgehead atoms. The van der Waals surface area contributed by atoms with Crippen LogP contribution in [0.4, 0.5) is 26.3 Å². The van der Waals surface area contributed by atoms with Crippen LogP contribution in [0.5, 0.6) is 0 Å². The molecule has 0 heterocycles. The lowest BCUT2D eigenvalue weighted by Gasteiger charge is -2.14. The molecule has 8 heteroatoms. The molecule has 0 aliphatic heterocycles. The van der Waals surface area contributed by atoms with Crippen LogP contribution in [-0.4, -0.2) is 6.18 Å². The summed E-state index contributed by atoms with van der Waals surface area (Å²) in [5.41, 5.74) is 4.68. The van der Waals surface area contributed by atoms with Crippen LogP contribution in [0.15, 0.2) is 12.1 Å². The van der Waals surface area contributed by atoms with Gasteiger partial charge in [-0.1, -0.05) is 0 Å². The molecule has 0 aliphatic carbocycles. The highest BCUT2D eigenvalue weighted by molar-refractivity contribution is 5.85. The van der Waals surface area contributed by atoms with Crippen molar-refractivity contribution in [1.82, 2.24) is 0 Å². The quantitative estimate of drug-likeness (QED) is 0.664. The van der Waals surface area contributed by atoms with Crippen LogP contribution >= 0.6 is 12.4 Å². The third-order valence-corrected chi connectivity index (χ3v) is 2.16. The smallest absolute Gasteiger partial charge is 0.324 e. The first-order valence-electron chi connectivity index (χ1n) is 4.67. The summed E-state index contributed by atoms with van der Waals surface area (Å²) in [6, 6.07) is -0.504. The van der Waals surface area contributed by atoms with Gasteiger partial charge in [-0.05, 0) is 12.5 Å². The second kappa shape index (κ2) is 6.29. The zero-order valence-electron chi connectivity index (χ0n) is 8.90. The van der Waals surface area contributed by atoms with Gasteiger partial charge in [0.1, 0.15) is 5.82 Å². The second-order valence-corrected chi connectivity index (χ2v) is 3.55. The maximum absolute atomic E-state index is 13.1. The van der Waals surface area contributed by atoms with Gasteiger partial charge in [-0.25, -0.2) is 13.2 Å². The van der Waals surface area contributed by atoms with Gasteiger partial charge in [-0.2, -0.15) is 13.2 Å². The Morgan fingerprint density at radius 1 is 1.11 bits per heavy atom. The van der Waals surface area contributed by atoms with Crippen molar-refractivity contribution in [2.75, 3.05) is 0 Å². The van der Waals surface area contributed by atoms with Crippen LogP contribution in [0.3, 0.4) is 0 Å². The van der Waals surface area contributed by atoms with Crippen molar-refractivity contribution in [3.8, 4) is 0 Å². The summed E-state index contributed by atoms with van der Waals surface area (Å²) < 4.78 is 74.4. The van der Waals surface area contributed by atoms with Crippen LogP contribution < -0.4 is 5.73 Å². The molecule has 1 rings (SSSR count). The predicted molar refractivity (Wildman–Crippen MR) is 55.8 cm³/mol. The number of halogens is 7. The lowest BCUT2D eigenvalue weighted by molar-refractivity contribution is -0.136. The minimum absolute atomic E-state index is 0. The molecule has 104 valence electrons. The Balaban J connectivity index is 0.00000289. The maximum Gasteiger partial charge on any atom is 0.389 e. The molecule has 18 heavy (non-hydrogen) atoms. The van der Waals surface area contributed by atoms with E-state index in [0.29, 0.717) is 12.1 Å². The highest BCUT2D eigenvalue weighted by Gasteiger charge is 2.29. The average Bonchev–Trinajstić information content (AvgIpc) is 2.19. The van der Waals surface area contributed by atoms with E-state index in [1.54, 1.807) is 0 Å². The topological polar surface area (TPSA) is 26.0 Å². The molecule has 0 aromatic heterocycles. The Morgan fingerprint density at radius 2 is 1.67 bits per heavy atom. The average molecular weight is 294 g/mol. The van der Waals surface area contributed by atoms with Crippen LogP contribution in [0, 0.1) is 17.5 Å². The van der Waals surface area contributed by atoms with Crippen molar-refractivity contribution < 1.29 is 26.3 Å². The van der Waals surface area contributed by atoms with Crippen LogP contribution in [-0.2, 0) is 0 Å². The van der Waals surface area contributed by atoms with Crippen LogP contribution in [0.1, 0.15) is 24.4 Å². The molecular formula is C10H10ClF6N. The molecule has 0 radical (unpaired) electrons. The van der Waals surface area contributed by atoms with Gasteiger partial charge in [0.05, 0.1) is 0 Å². The minimum atomic E-state index is -4.44. The molecule has 0 saturated carbocycles. The van der Waals surface area contributed by atoms with Crippen molar-refractivity contribution >= 4 is 12.4 Å². The molecule has 1 atom stereocenters. The molecular weight excluding hydrogens is 284 g/mol. The third-order valence-electron chi connectivity index (χ3n) is 2.16. The van der Waals surface area contributed by atoms with E-state index in [2.05, 4.69) is 0 Å². The molecule has 0 spiro atoms. The first-order valence-corrected chi connectivity index (χ1v) is 4.67. The Labute approximate surface area is 105 Å². The molecule has 0 fully saturated rings. The van der Waals surface area contributed by atoms with Gasteiger partial charge < -0.3 is 5.73 Å². The van der Waals surface area contributed by atoms with Gasteiger partial charge in [-0.3, -0.25) is 0 Å². The van der Waals surface area contributed by atoms with E-state index in [4.69, 9.17) is 5.73 Å². The maximum atomic E-state index is 13.1. The van der Waals surface area contributed by atoms with Crippen molar-refractivity contribution in [3.05, 3.63) is 35.1 Å². The van der Waals surface area contributed by atoms with Gasteiger partial charge in [0, 0.05) is 24.1 Å². The number of benzene rings is 1. The molecule has 0 unspecified atom stereocenters. The molecule has 1 aromatic carbocycles. The van der Waals surface area contributed by atoms with E-state index in [9.17, 15) is 26.3 Å². The fourth-order valence-electron chi connectivity index (χ4n) is 1.32. The summed E-state index contributed by atoms with van der Waals surface area (Å²) in [5.74, 6) is -3.97. The monoisotopic (exact) mass is 293 g/mol. The molecule has 0 saturated heterocycles. The molecule has 0 amide bonds. The van der Waals surface area contributed by atoms with E-state index < -0.39 is 48.1 Å². The van der Waals surface area contributed by atoms with Crippen molar-refractivity contribution in [2.45, 2.75) is 25.1 Å². The van der Waals surface area contributed by atoms with Gasteiger partial charge in [0.25, 0.3) is 0 Å². The van der Waals surface area contributed by atoms with E-state index in [0.717, 1.165) is 0 Å². The van der Waals surface area contributed by atoms with Crippen molar-refractivity contribution in [1.29, 1.82) is 0 Å².